The van der Waals surface area contributed by atoms with E-state index >= 15 is 0 Å². The number of likely N-dealkylation sites (tertiary alicyclic amines) is 1. The van der Waals surface area contributed by atoms with Crippen molar-refractivity contribution in [3.05, 3.63) is 30.2 Å². The van der Waals surface area contributed by atoms with Gasteiger partial charge in [-0.2, -0.15) is 10.1 Å². The Balaban J connectivity index is 1.31. The van der Waals surface area contributed by atoms with Crippen molar-refractivity contribution in [3.63, 3.8) is 0 Å². The van der Waals surface area contributed by atoms with E-state index in [1.807, 2.05) is 23.1 Å². The maximum atomic E-state index is 5.41. The molecule has 0 spiro atoms. The molecule has 2 aromatic rings. The zero-order valence-corrected chi connectivity index (χ0v) is 11.9. The van der Waals surface area contributed by atoms with Gasteiger partial charge in [0.1, 0.15) is 0 Å². The first-order chi connectivity index (χ1) is 10.4. The van der Waals surface area contributed by atoms with Crippen molar-refractivity contribution < 1.29 is 9.26 Å². The van der Waals surface area contributed by atoms with Crippen LogP contribution in [-0.4, -0.2) is 51.1 Å². The van der Waals surface area contributed by atoms with Crippen LogP contribution in [0.2, 0.25) is 0 Å². The van der Waals surface area contributed by atoms with E-state index in [-0.39, 0.29) is 0 Å². The molecule has 0 aliphatic carbocycles. The van der Waals surface area contributed by atoms with Crippen LogP contribution in [0, 0.1) is 0 Å². The zero-order chi connectivity index (χ0) is 14.1. The summed E-state index contributed by atoms with van der Waals surface area (Å²) < 4.78 is 12.8. The minimum Gasteiger partial charge on any atom is -0.381 e. The molecule has 4 rings (SSSR count). The van der Waals surface area contributed by atoms with Gasteiger partial charge in [-0.1, -0.05) is 5.16 Å². The molecule has 21 heavy (non-hydrogen) atoms. The van der Waals surface area contributed by atoms with Gasteiger partial charge in [0.15, 0.2) is 5.82 Å². The number of aromatic nitrogens is 4. The van der Waals surface area contributed by atoms with Crippen LogP contribution in [0.3, 0.4) is 0 Å². The lowest BCUT2D eigenvalue weighted by atomic mass is 10.0. The highest BCUT2D eigenvalue weighted by molar-refractivity contribution is 4.97. The summed E-state index contributed by atoms with van der Waals surface area (Å²) in [7, 11) is 0. The van der Waals surface area contributed by atoms with Crippen LogP contribution in [0.4, 0.5) is 0 Å². The van der Waals surface area contributed by atoms with E-state index in [2.05, 4.69) is 20.1 Å². The molecule has 0 amide bonds. The molecule has 0 aromatic carbocycles. The van der Waals surface area contributed by atoms with E-state index in [0.29, 0.717) is 12.0 Å². The van der Waals surface area contributed by atoms with Gasteiger partial charge in [0.25, 0.3) is 0 Å². The van der Waals surface area contributed by atoms with Crippen LogP contribution in [0.5, 0.6) is 0 Å². The van der Waals surface area contributed by atoms with Crippen molar-refractivity contribution in [3.8, 4) is 0 Å². The van der Waals surface area contributed by atoms with Gasteiger partial charge in [0, 0.05) is 44.6 Å². The summed E-state index contributed by atoms with van der Waals surface area (Å²) in [4.78, 5) is 6.86. The highest BCUT2D eigenvalue weighted by Crippen LogP contribution is 2.26. The summed E-state index contributed by atoms with van der Waals surface area (Å²) >= 11 is 0. The fraction of sp³-hybridized carbons (Fsp3) is 0.643. The van der Waals surface area contributed by atoms with Crippen LogP contribution in [0.15, 0.2) is 23.0 Å². The van der Waals surface area contributed by atoms with E-state index in [0.717, 1.165) is 57.4 Å². The SMILES string of the molecule is c1cnn(C2CN(Cc3noc(C4CCOCC4)n3)C2)c1. The lowest BCUT2D eigenvalue weighted by molar-refractivity contribution is 0.0778. The molecule has 2 aliphatic heterocycles. The molecule has 0 atom stereocenters. The summed E-state index contributed by atoms with van der Waals surface area (Å²) in [5.74, 6) is 1.93. The van der Waals surface area contributed by atoms with Gasteiger partial charge in [-0.25, -0.2) is 0 Å². The third kappa shape index (κ3) is 2.71. The Morgan fingerprint density at radius 3 is 2.86 bits per heavy atom. The zero-order valence-electron chi connectivity index (χ0n) is 11.9. The third-order valence-corrected chi connectivity index (χ3v) is 4.26. The summed E-state index contributed by atoms with van der Waals surface area (Å²) in [6.07, 6.45) is 5.79. The van der Waals surface area contributed by atoms with Crippen molar-refractivity contribution in [1.82, 2.24) is 24.8 Å². The molecule has 7 heteroatoms. The molecule has 112 valence electrons. The van der Waals surface area contributed by atoms with E-state index in [1.165, 1.54) is 0 Å². The molecule has 2 saturated heterocycles. The number of rotatable bonds is 4. The summed E-state index contributed by atoms with van der Waals surface area (Å²) in [6, 6.07) is 2.43. The van der Waals surface area contributed by atoms with Crippen molar-refractivity contribution in [2.24, 2.45) is 0 Å². The topological polar surface area (TPSA) is 69.2 Å². The van der Waals surface area contributed by atoms with Crippen LogP contribution >= 0.6 is 0 Å². The highest BCUT2D eigenvalue weighted by atomic mass is 16.5. The average Bonchev–Trinajstić information content (AvgIpc) is 3.15. The Kier molecular flexibility index (Phi) is 3.44. The number of hydrogen-bond donors (Lipinski definition) is 0. The molecule has 0 N–H and O–H groups in total. The van der Waals surface area contributed by atoms with Crippen LogP contribution in [0.25, 0.3) is 0 Å². The fourth-order valence-corrected chi connectivity index (χ4v) is 2.98. The monoisotopic (exact) mass is 289 g/mol. The Labute approximate surface area is 122 Å². The molecular formula is C14H19N5O2. The quantitative estimate of drug-likeness (QED) is 0.843. The van der Waals surface area contributed by atoms with E-state index in [1.54, 1.807) is 0 Å². The van der Waals surface area contributed by atoms with Gasteiger partial charge in [0.05, 0.1) is 12.6 Å². The summed E-state index contributed by atoms with van der Waals surface area (Å²) in [5.41, 5.74) is 0. The van der Waals surface area contributed by atoms with Gasteiger partial charge in [0.2, 0.25) is 5.89 Å². The first kappa shape index (κ1) is 13.0. The number of ether oxygens (including phenoxy) is 1. The van der Waals surface area contributed by atoms with Crippen LogP contribution in [-0.2, 0) is 11.3 Å². The predicted molar refractivity (Wildman–Crippen MR) is 73.6 cm³/mol. The molecule has 4 heterocycles. The highest BCUT2D eigenvalue weighted by Gasteiger charge is 2.30. The second-order valence-electron chi connectivity index (χ2n) is 5.77. The molecule has 0 unspecified atom stereocenters. The normalized spacial score (nSPS) is 21.5. The minimum atomic E-state index is 0.369. The van der Waals surface area contributed by atoms with Crippen molar-refractivity contribution in [2.45, 2.75) is 31.3 Å². The second kappa shape index (κ2) is 5.57. The molecule has 2 aliphatic rings. The van der Waals surface area contributed by atoms with Gasteiger partial charge >= 0.3 is 0 Å². The molecular weight excluding hydrogens is 270 g/mol. The molecule has 0 radical (unpaired) electrons. The summed E-state index contributed by atoms with van der Waals surface area (Å²) in [6.45, 7) is 4.32. The molecule has 7 nitrogen and oxygen atoms in total. The van der Waals surface area contributed by atoms with Crippen molar-refractivity contribution in [1.29, 1.82) is 0 Å². The van der Waals surface area contributed by atoms with Gasteiger partial charge in [-0.15, -0.1) is 0 Å². The first-order valence-corrected chi connectivity index (χ1v) is 7.50. The van der Waals surface area contributed by atoms with E-state index < -0.39 is 0 Å². The summed E-state index contributed by atoms with van der Waals surface area (Å²) in [5, 5.41) is 8.38. The molecule has 0 bridgehead atoms. The average molecular weight is 289 g/mol. The Bertz CT molecular complexity index is 570. The Morgan fingerprint density at radius 1 is 1.24 bits per heavy atom. The van der Waals surface area contributed by atoms with Crippen molar-refractivity contribution in [2.75, 3.05) is 26.3 Å². The second-order valence-corrected chi connectivity index (χ2v) is 5.77. The van der Waals surface area contributed by atoms with Crippen LogP contribution in [0.1, 0.15) is 36.5 Å². The largest absolute Gasteiger partial charge is 0.381 e. The van der Waals surface area contributed by atoms with Crippen molar-refractivity contribution >= 4 is 0 Å². The standard InChI is InChI=1S/C14H19N5O2/c1-4-15-19(5-1)12-8-18(9-12)10-13-16-14(21-17-13)11-2-6-20-7-3-11/h1,4-5,11-12H,2-3,6-10H2. The van der Waals surface area contributed by atoms with E-state index in [4.69, 9.17) is 9.26 Å². The lowest BCUT2D eigenvalue weighted by Gasteiger charge is -2.38. The Hall–Kier alpha value is -1.73. The van der Waals surface area contributed by atoms with Gasteiger partial charge in [-0.05, 0) is 18.9 Å². The fourth-order valence-electron chi connectivity index (χ4n) is 2.98. The minimum absolute atomic E-state index is 0.369. The molecule has 2 aromatic heterocycles. The maximum absolute atomic E-state index is 5.41. The third-order valence-electron chi connectivity index (χ3n) is 4.26. The number of hydrogen-bond acceptors (Lipinski definition) is 6. The predicted octanol–water partition coefficient (Wildman–Crippen LogP) is 1.22. The molecule has 2 fully saturated rings. The lowest BCUT2D eigenvalue weighted by Crippen LogP contribution is -2.47. The van der Waals surface area contributed by atoms with Gasteiger partial charge in [-0.3, -0.25) is 9.58 Å². The smallest absolute Gasteiger partial charge is 0.229 e. The first-order valence-electron chi connectivity index (χ1n) is 7.50. The van der Waals surface area contributed by atoms with Gasteiger partial charge < -0.3 is 9.26 Å². The van der Waals surface area contributed by atoms with Crippen LogP contribution < -0.4 is 0 Å². The van der Waals surface area contributed by atoms with E-state index in [9.17, 15) is 0 Å². The Morgan fingerprint density at radius 2 is 2.10 bits per heavy atom. The number of nitrogens with zero attached hydrogens (tertiary/aromatic N) is 5. The molecule has 0 saturated carbocycles. The maximum Gasteiger partial charge on any atom is 0.229 e.